The minimum Gasteiger partial charge on any atom is -0.409 e. The molecule has 6 nitrogen and oxygen atoms in total. The average Bonchev–Trinajstić information content (AvgIpc) is 2.46. The van der Waals surface area contributed by atoms with E-state index in [9.17, 15) is 4.79 Å². The zero-order valence-corrected chi connectivity index (χ0v) is 11.8. The summed E-state index contributed by atoms with van der Waals surface area (Å²) in [5.41, 5.74) is 6.92. The van der Waals surface area contributed by atoms with Crippen molar-refractivity contribution in [3.63, 3.8) is 0 Å². The third kappa shape index (κ3) is 3.02. The van der Waals surface area contributed by atoms with Crippen LogP contribution in [0.25, 0.3) is 0 Å². The number of amidine groups is 1. The van der Waals surface area contributed by atoms with Gasteiger partial charge in [0, 0.05) is 17.1 Å². The molecule has 1 atom stereocenters. The highest BCUT2D eigenvalue weighted by atomic mass is 35.5. The third-order valence-electron chi connectivity index (χ3n) is 3.22. The van der Waals surface area contributed by atoms with Crippen LogP contribution in [0.4, 0.5) is 0 Å². The van der Waals surface area contributed by atoms with E-state index in [2.05, 4.69) is 5.16 Å². The fourth-order valence-electron chi connectivity index (χ4n) is 2.11. The molecule has 0 bridgehead atoms. The molecule has 1 unspecified atom stereocenters. The van der Waals surface area contributed by atoms with E-state index < -0.39 is 6.10 Å². The van der Waals surface area contributed by atoms with Gasteiger partial charge in [0.05, 0.1) is 13.2 Å². The van der Waals surface area contributed by atoms with Gasteiger partial charge in [-0.15, -0.1) is 0 Å². The van der Waals surface area contributed by atoms with Crippen molar-refractivity contribution < 1.29 is 14.7 Å². The number of aryl methyl sites for hydroxylation is 1. The summed E-state index contributed by atoms with van der Waals surface area (Å²) >= 11 is 5.89. The highest BCUT2D eigenvalue weighted by Crippen LogP contribution is 2.18. The van der Waals surface area contributed by atoms with Crippen molar-refractivity contribution in [1.82, 2.24) is 4.90 Å². The van der Waals surface area contributed by atoms with Crippen molar-refractivity contribution in [3.05, 3.63) is 34.3 Å². The SMILES string of the molecule is Cc1cc(Cl)ccc1C(=O)N1CCOC(/C(N)=N/O)C1. The van der Waals surface area contributed by atoms with Gasteiger partial charge in [-0.2, -0.15) is 0 Å². The fourth-order valence-corrected chi connectivity index (χ4v) is 2.34. The van der Waals surface area contributed by atoms with E-state index in [1.807, 2.05) is 6.92 Å². The lowest BCUT2D eigenvalue weighted by Crippen LogP contribution is -2.50. The quantitative estimate of drug-likeness (QED) is 0.372. The molecule has 1 aromatic carbocycles. The first-order valence-electron chi connectivity index (χ1n) is 6.17. The van der Waals surface area contributed by atoms with Crippen LogP contribution in [0, 0.1) is 6.92 Å². The maximum absolute atomic E-state index is 12.5. The lowest BCUT2D eigenvalue weighted by molar-refractivity contribution is 0.00672. The first kappa shape index (κ1) is 14.6. The van der Waals surface area contributed by atoms with Gasteiger partial charge >= 0.3 is 0 Å². The number of ether oxygens (including phenoxy) is 1. The molecule has 0 aliphatic carbocycles. The number of benzene rings is 1. The Kier molecular flexibility index (Phi) is 4.46. The molecule has 1 fully saturated rings. The molecule has 1 heterocycles. The molecule has 0 spiro atoms. The second-order valence-electron chi connectivity index (χ2n) is 4.59. The topological polar surface area (TPSA) is 88.2 Å². The number of carbonyl (C=O) groups is 1. The number of nitrogens with zero attached hydrogens (tertiary/aromatic N) is 2. The zero-order valence-electron chi connectivity index (χ0n) is 11.0. The highest BCUT2D eigenvalue weighted by molar-refractivity contribution is 6.30. The lowest BCUT2D eigenvalue weighted by Gasteiger charge is -2.32. The van der Waals surface area contributed by atoms with Crippen molar-refractivity contribution in [2.75, 3.05) is 19.7 Å². The van der Waals surface area contributed by atoms with Crippen LogP contribution in [0.2, 0.25) is 5.02 Å². The van der Waals surface area contributed by atoms with E-state index in [4.69, 9.17) is 27.3 Å². The number of oxime groups is 1. The molecule has 0 radical (unpaired) electrons. The largest absolute Gasteiger partial charge is 0.409 e. The van der Waals surface area contributed by atoms with Crippen molar-refractivity contribution >= 4 is 23.3 Å². The number of morpholine rings is 1. The Morgan fingerprint density at radius 2 is 2.35 bits per heavy atom. The molecule has 2 rings (SSSR count). The van der Waals surface area contributed by atoms with Crippen molar-refractivity contribution in [2.45, 2.75) is 13.0 Å². The normalized spacial score (nSPS) is 20.0. The average molecular weight is 298 g/mol. The van der Waals surface area contributed by atoms with Crippen LogP contribution in [0.3, 0.4) is 0 Å². The number of nitrogens with two attached hydrogens (primary N) is 1. The predicted octanol–water partition coefficient (Wildman–Crippen LogP) is 1.24. The number of rotatable bonds is 2. The molecular formula is C13H16ClN3O3. The minimum absolute atomic E-state index is 0.0321. The van der Waals surface area contributed by atoms with Gasteiger partial charge in [0.15, 0.2) is 5.84 Å². The Labute approximate surface area is 121 Å². The molecule has 108 valence electrons. The van der Waals surface area contributed by atoms with Gasteiger partial charge in [-0.1, -0.05) is 16.8 Å². The summed E-state index contributed by atoms with van der Waals surface area (Å²) in [6, 6.07) is 5.13. The second-order valence-corrected chi connectivity index (χ2v) is 5.03. The second kappa shape index (κ2) is 6.11. The molecule has 0 saturated carbocycles. The van der Waals surface area contributed by atoms with Crippen molar-refractivity contribution in [3.8, 4) is 0 Å². The molecule has 1 amide bonds. The standard InChI is InChI=1S/C13H16ClN3O3/c1-8-6-9(14)2-3-10(8)13(18)17-4-5-20-11(7-17)12(15)16-19/h2-3,6,11,19H,4-5,7H2,1H3,(H2,15,16). The van der Waals surface area contributed by atoms with Gasteiger partial charge in [0.1, 0.15) is 6.10 Å². The number of hydrogen-bond acceptors (Lipinski definition) is 4. The van der Waals surface area contributed by atoms with Crippen LogP contribution < -0.4 is 5.73 Å². The van der Waals surface area contributed by atoms with Crippen LogP contribution >= 0.6 is 11.6 Å². The first-order chi connectivity index (χ1) is 9.52. The summed E-state index contributed by atoms with van der Waals surface area (Å²) in [6.07, 6.45) is -0.578. The molecule has 1 aromatic rings. The van der Waals surface area contributed by atoms with Crippen LogP contribution in [0.15, 0.2) is 23.4 Å². The lowest BCUT2D eigenvalue weighted by atomic mass is 10.1. The summed E-state index contributed by atoms with van der Waals surface area (Å²) in [4.78, 5) is 14.1. The number of hydrogen-bond donors (Lipinski definition) is 2. The Morgan fingerprint density at radius 3 is 3.00 bits per heavy atom. The Hall–Kier alpha value is -1.79. The number of halogens is 1. The highest BCUT2D eigenvalue weighted by Gasteiger charge is 2.28. The van der Waals surface area contributed by atoms with Crippen molar-refractivity contribution in [1.29, 1.82) is 0 Å². The molecule has 7 heteroatoms. The van der Waals surface area contributed by atoms with E-state index >= 15 is 0 Å². The molecule has 0 aromatic heterocycles. The van der Waals surface area contributed by atoms with Gasteiger partial charge in [0.25, 0.3) is 5.91 Å². The van der Waals surface area contributed by atoms with E-state index in [-0.39, 0.29) is 18.3 Å². The van der Waals surface area contributed by atoms with Gasteiger partial charge in [-0.05, 0) is 30.7 Å². The number of amides is 1. The zero-order chi connectivity index (χ0) is 14.7. The molecule has 3 N–H and O–H groups in total. The molecule has 1 aliphatic heterocycles. The Bertz CT molecular complexity index is 548. The predicted molar refractivity (Wildman–Crippen MR) is 75.2 cm³/mol. The van der Waals surface area contributed by atoms with Gasteiger partial charge in [0.2, 0.25) is 0 Å². The van der Waals surface area contributed by atoms with Gasteiger partial charge < -0.3 is 20.6 Å². The van der Waals surface area contributed by atoms with Crippen LogP contribution in [-0.4, -0.2) is 47.7 Å². The van der Waals surface area contributed by atoms with E-state index in [1.54, 1.807) is 23.1 Å². The number of carbonyl (C=O) groups excluding carboxylic acids is 1. The monoisotopic (exact) mass is 297 g/mol. The first-order valence-corrected chi connectivity index (χ1v) is 6.55. The molecular weight excluding hydrogens is 282 g/mol. The van der Waals surface area contributed by atoms with Crippen LogP contribution in [0.1, 0.15) is 15.9 Å². The van der Waals surface area contributed by atoms with Crippen LogP contribution in [0.5, 0.6) is 0 Å². The van der Waals surface area contributed by atoms with Crippen molar-refractivity contribution in [2.24, 2.45) is 10.9 Å². The molecule has 20 heavy (non-hydrogen) atoms. The Morgan fingerprint density at radius 1 is 1.60 bits per heavy atom. The Balaban J connectivity index is 2.16. The van der Waals surface area contributed by atoms with Gasteiger partial charge in [-0.3, -0.25) is 4.79 Å². The minimum atomic E-state index is -0.578. The van der Waals surface area contributed by atoms with E-state index in [0.717, 1.165) is 5.56 Å². The fraction of sp³-hybridized carbons (Fsp3) is 0.385. The molecule has 1 saturated heterocycles. The summed E-state index contributed by atoms with van der Waals surface area (Å²) in [5, 5.41) is 12.2. The third-order valence-corrected chi connectivity index (χ3v) is 3.45. The van der Waals surface area contributed by atoms with Crippen LogP contribution in [-0.2, 0) is 4.74 Å². The summed E-state index contributed by atoms with van der Waals surface area (Å²) < 4.78 is 5.37. The maximum atomic E-state index is 12.5. The summed E-state index contributed by atoms with van der Waals surface area (Å²) in [6.45, 7) is 2.91. The maximum Gasteiger partial charge on any atom is 0.254 e. The smallest absolute Gasteiger partial charge is 0.254 e. The molecule has 1 aliphatic rings. The summed E-state index contributed by atoms with van der Waals surface area (Å²) in [5.74, 6) is -0.145. The van der Waals surface area contributed by atoms with E-state index in [0.29, 0.717) is 23.7 Å². The van der Waals surface area contributed by atoms with E-state index in [1.165, 1.54) is 0 Å². The summed E-state index contributed by atoms with van der Waals surface area (Å²) in [7, 11) is 0. The van der Waals surface area contributed by atoms with Gasteiger partial charge in [-0.25, -0.2) is 0 Å².